The van der Waals surface area contributed by atoms with Crippen molar-refractivity contribution in [2.24, 2.45) is 0 Å². The zero-order chi connectivity index (χ0) is 13.8. The topological polar surface area (TPSA) is 95.9 Å². The van der Waals surface area contributed by atoms with Crippen LogP contribution in [0.4, 0.5) is 4.79 Å². The minimum absolute atomic E-state index is 0.195. The quantitative estimate of drug-likeness (QED) is 0.723. The molecule has 108 valence electrons. The summed E-state index contributed by atoms with van der Waals surface area (Å²) in [6.07, 6.45) is 0.142. The number of nitrogens with one attached hydrogen (secondary N) is 1. The van der Waals surface area contributed by atoms with E-state index < -0.39 is 22.9 Å². The SMILES string of the molecule is O=C(O)C1CCC(CNC(=O)N2CCS(=O)CC2)O1. The van der Waals surface area contributed by atoms with Crippen molar-refractivity contribution in [3.05, 3.63) is 0 Å². The molecule has 0 aromatic carbocycles. The van der Waals surface area contributed by atoms with Gasteiger partial charge in [0.25, 0.3) is 0 Å². The van der Waals surface area contributed by atoms with Crippen LogP contribution < -0.4 is 5.32 Å². The fourth-order valence-electron chi connectivity index (χ4n) is 2.19. The predicted molar refractivity (Wildman–Crippen MR) is 68.4 cm³/mol. The van der Waals surface area contributed by atoms with Gasteiger partial charge in [-0.15, -0.1) is 0 Å². The second-order valence-electron chi connectivity index (χ2n) is 4.68. The predicted octanol–water partition coefficient (Wildman–Crippen LogP) is -0.607. The van der Waals surface area contributed by atoms with E-state index in [1.807, 2.05) is 0 Å². The number of carboxylic acids is 1. The summed E-state index contributed by atoms with van der Waals surface area (Å²) in [5.41, 5.74) is 0. The zero-order valence-electron chi connectivity index (χ0n) is 10.5. The molecule has 2 amide bonds. The van der Waals surface area contributed by atoms with E-state index in [1.54, 1.807) is 4.90 Å². The lowest BCUT2D eigenvalue weighted by molar-refractivity contribution is -0.149. The molecule has 2 unspecified atom stereocenters. The van der Waals surface area contributed by atoms with E-state index in [1.165, 1.54) is 0 Å². The number of hydrogen-bond donors (Lipinski definition) is 2. The van der Waals surface area contributed by atoms with E-state index in [4.69, 9.17) is 9.84 Å². The van der Waals surface area contributed by atoms with Crippen LogP contribution in [0.1, 0.15) is 12.8 Å². The summed E-state index contributed by atoms with van der Waals surface area (Å²) in [5, 5.41) is 11.5. The highest BCUT2D eigenvalue weighted by molar-refractivity contribution is 7.85. The Morgan fingerprint density at radius 3 is 2.58 bits per heavy atom. The van der Waals surface area contributed by atoms with Gasteiger partial charge in [0, 0.05) is 41.9 Å². The maximum absolute atomic E-state index is 11.8. The molecule has 19 heavy (non-hydrogen) atoms. The lowest BCUT2D eigenvalue weighted by Gasteiger charge is -2.27. The van der Waals surface area contributed by atoms with Crippen LogP contribution in [0, 0.1) is 0 Å². The van der Waals surface area contributed by atoms with Crippen molar-refractivity contribution in [3.8, 4) is 0 Å². The molecular weight excluding hydrogens is 272 g/mol. The first kappa shape index (κ1) is 14.3. The van der Waals surface area contributed by atoms with Crippen LogP contribution in [0.25, 0.3) is 0 Å². The van der Waals surface area contributed by atoms with Gasteiger partial charge in [-0.2, -0.15) is 0 Å². The number of carbonyl (C=O) groups excluding carboxylic acids is 1. The highest BCUT2D eigenvalue weighted by Crippen LogP contribution is 2.19. The van der Waals surface area contributed by atoms with Gasteiger partial charge in [0.2, 0.25) is 0 Å². The average molecular weight is 290 g/mol. The molecule has 2 saturated heterocycles. The number of aliphatic carboxylic acids is 1. The Balaban J connectivity index is 1.69. The van der Waals surface area contributed by atoms with E-state index in [2.05, 4.69) is 5.32 Å². The van der Waals surface area contributed by atoms with Crippen LogP contribution in [0.3, 0.4) is 0 Å². The summed E-state index contributed by atoms with van der Waals surface area (Å²) in [6, 6.07) is -0.195. The van der Waals surface area contributed by atoms with Gasteiger partial charge < -0.3 is 20.1 Å². The Morgan fingerprint density at radius 1 is 1.32 bits per heavy atom. The van der Waals surface area contributed by atoms with Gasteiger partial charge in [-0.1, -0.05) is 0 Å². The largest absolute Gasteiger partial charge is 0.479 e. The van der Waals surface area contributed by atoms with Gasteiger partial charge in [0.1, 0.15) is 0 Å². The number of carbonyl (C=O) groups is 2. The summed E-state index contributed by atoms with van der Waals surface area (Å²) < 4.78 is 16.5. The van der Waals surface area contributed by atoms with Gasteiger partial charge in [0.15, 0.2) is 6.10 Å². The monoisotopic (exact) mass is 290 g/mol. The number of amides is 2. The van der Waals surface area contributed by atoms with Crippen molar-refractivity contribution in [2.75, 3.05) is 31.1 Å². The minimum atomic E-state index is -0.952. The first-order chi connectivity index (χ1) is 9.06. The van der Waals surface area contributed by atoms with Gasteiger partial charge in [-0.3, -0.25) is 4.21 Å². The molecule has 2 fully saturated rings. The van der Waals surface area contributed by atoms with Crippen molar-refractivity contribution < 1.29 is 23.6 Å². The fourth-order valence-corrected chi connectivity index (χ4v) is 3.24. The molecule has 2 aliphatic heterocycles. The van der Waals surface area contributed by atoms with Crippen LogP contribution >= 0.6 is 0 Å². The number of nitrogens with zero attached hydrogens (tertiary/aromatic N) is 1. The van der Waals surface area contributed by atoms with Crippen LogP contribution in [-0.4, -0.2) is 69.6 Å². The summed E-state index contributed by atoms with van der Waals surface area (Å²) in [4.78, 5) is 24.2. The van der Waals surface area contributed by atoms with E-state index in [9.17, 15) is 13.8 Å². The normalized spacial score (nSPS) is 28.3. The molecule has 2 rings (SSSR count). The number of carboxylic acid groups (broad SMARTS) is 1. The molecule has 7 nitrogen and oxygen atoms in total. The first-order valence-corrected chi connectivity index (χ1v) is 7.81. The van der Waals surface area contributed by atoms with Crippen molar-refractivity contribution >= 4 is 22.8 Å². The molecule has 8 heteroatoms. The summed E-state index contributed by atoms with van der Waals surface area (Å²) in [5.74, 6) is 0.0930. The zero-order valence-corrected chi connectivity index (χ0v) is 11.4. The Kier molecular flexibility index (Phi) is 4.76. The van der Waals surface area contributed by atoms with E-state index in [0.717, 1.165) is 0 Å². The number of urea groups is 1. The minimum Gasteiger partial charge on any atom is -0.479 e. The standard InChI is InChI=1S/C11H18N2O5S/c14-10(15)9-2-1-8(18-9)7-12-11(16)13-3-5-19(17)6-4-13/h8-9H,1-7H2,(H,12,16)(H,14,15). The third-order valence-corrected chi connectivity index (χ3v) is 4.60. The second kappa shape index (κ2) is 6.33. The van der Waals surface area contributed by atoms with E-state index in [0.29, 0.717) is 44.0 Å². The molecule has 2 heterocycles. The summed E-state index contributed by atoms with van der Waals surface area (Å²) in [6.45, 7) is 1.33. The number of ether oxygens (including phenoxy) is 1. The van der Waals surface area contributed by atoms with Crippen molar-refractivity contribution in [1.29, 1.82) is 0 Å². The van der Waals surface area contributed by atoms with Gasteiger partial charge >= 0.3 is 12.0 Å². The van der Waals surface area contributed by atoms with Crippen LogP contribution in [0.5, 0.6) is 0 Å². The van der Waals surface area contributed by atoms with Crippen molar-refractivity contribution in [3.63, 3.8) is 0 Å². The second-order valence-corrected chi connectivity index (χ2v) is 6.38. The molecule has 0 spiro atoms. The van der Waals surface area contributed by atoms with Crippen LogP contribution in [0.15, 0.2) is 0 Å². The van der Waals surface area contributed by atoms with Crippen LogP contribution in [-0.2, 0) is 20.3 Å². The molecule has 0 aliphatic carbocycles. The average Bonchev–Trinajstić information content (AvgIpc) is 2.86. The Bertz CT molecular complexity index is 379. The highest BCUT2D eigenvalue weighted by atomic mass is 32.2. The summed E-state index contributed by atoms with van der Waals surface area (Å²) >= 11 is 0. The Hall–Kier alpha value is -1.15. The molecular formula is C11H18N2O5S. The lowest BCUT2D eigenvalue weighted by Crippen LogP contribution is -2.48. The lowest BCUT2D eigenvalue weighted by atomic mass is 10.2. The van der Waals surface area contributed by atoms with Crippen LogP contribution in [0.2, 0.25) is 0 Å². The Morgan fingerprint density at radius 2 is 2.00 bits per heavy atom. The fraction of sp³-hybridized carbons (Fsp3) is 0.818. The third kappa shape index (κ3) is 3.90. The maximum atomic E-state index is 11.8. The molecule has 2 aliphatic rings. The Labute approximate surface area is 113 Å². The third-order valence-electron chi connectivity index (χ3n) is 3.33. The van der Waals surface area contributed by atoms with Gasteiger partial charge in [-0.05, 0) is 12.8 Å². The molecule has 2 N–H and O–H groups in total. The van der Waals surface area contributed by atoms with E-state index >= 15 is 0 Å². The highest BCUT2D eigenvalue weighted by Gasteiger charge is 2.31. The number of rotatable bonds is 3. The smallest absolute Gasteiger partial charge is 0.332 e. The molecule has 0 bridgehead atoms. The maximum Gasteiger partial charge on any atom is 0.332 e. The van der Waals surface area contributed by atoms with Gasteiger partial charge in [0.05, 0.1) is 6.10 Å². The number of hydrogen-bond acceptors (Lipinski definition) is 4. The molecule has 0 saturated carbocycles. The van der Waals surface area contributed by atoms with Crippen molar-refractivity contribution in [1.82, 2.24) is 10.2 Å². The molecule has 2 atom stereocenters. The summed E-state index contributed by atoms with van der Waals surface area (Å²) in [7, 11) is -0.805. The molecule has 0 aromatic rings. The van der Waals surface area contributed by atoms with Crippen molar-refractivity contribution in [2.45, 2.75) is 25.0 Å². The molecule has 0 radical (unpaired) electrons. The van der Waals surface area contributed by atoms with Gasteiger partial charge in [-0.25, -0.2) is 9.59 Å². The molecule has 0 aromatic heterocycles. The first-order valence-electron chi connectivity index (χ1n) is 6.32. The van der Waals surface area contributed by atoms with E-state index in [-0.39, 0.29) is 12.1 Å².